The van der Waals surface area contributed by atoms with E-state index in [0.29, 0.717) is 21.5 Å². The second kappa shape index (κ2) is 9.37. The highest BCUT2D eigenvalue weighted by Crippen LogP contribution is 2.28. The number of halogens is 2. The van der Waals surface area contributed by atoms with Crippen LogP contribution >= 0.6 is 15.9 Å². The summed E-state index contributed by atoms with van der Waals surface area (Å²) in [5, 5.41) is 2.86. The van der Waals surface area contributed by atoms with Gasteiger partial charge in [0, 0.05) is 10.0 Å². The first-order valence-corrected chi connectivity index (χ1v) is 9.43. The van der Waals surface area contributed by atoms with Crippen LogP contribution in [-0.2, 0) is 4.79 Å². The van der Waals surface area contributed by atoms with Crippen molar-refractivity contribution in [3.05, 3.63) is 94.2 Å². The van der Waals surface area contributed by atoms with Crippen LogP contribution < -0.4 is 14.8 Å². The van der Waals surface area contributed by atoms with Crippen LogP contribution in [-0.4, -0.2) is 19.6 Å². The van der Waals surface area contributed by atoms with E-state index in [2.05, 4.69) is 21.2 Å². The molecular formula is C22H19BrFNO3. The SMILES string of the molecule is COc1ccccc1OCC(=O)NC(c1ccccc1)c1ccc(Br)cc1F. The maximum atomic E-state index is 14.6. The average molecular weight is 444 g/mol. The monoisotopic (exact) mass is 443 g/mol. The third kappa shape index (κ3) is 4.89. The summed E-state index contributed by atoms with van der Waals surface area (Å²) < 4.78 is 26.0. The maximum Gasteiger partial charge on any atom is 0.258 e. The van der Waals surface area contributed by atoms with Crippen molar-refractivity contribution >= 4 is 21.8 Å². The van der Waals surface area contributed by atoms with E-state index in [-0.39, 0.29) is 12.5 Å². The molecule has 3 rings (SSSR count). The number of hydrogen-bond donors (Lipinski definition) is 1. The number of hydrogen-bond acceptors (Lipinski definition) is 3. The summed E-state index contributed by atoms with van der Waals surface area (Å²) in [6, 6.07) is 20.4. The summed E-state index contributed by atoms with van der Waals surface area (Å²) in [7, 11) is 1.53. The number of para-hydroxylation sites is 2. The van der Waals surface area contributed by atoms with Gasteiger partial charge in [0.2, 0.25) is 0 Å². The smallest absolute Gasteiger partial charge is 0.258 e. The van der Waals surface area contributed by atoms with E-state index in [1.165, 1.54) is 13.2 Å². The minimum atomic E-state index is -0.636. The molecule has 0 aliphatic heterocycles. The van der Waals surface area contributed by atoms with Crippen LogP contribution in [0.15, 0.2) is 77.3 Å². The van der Waals surface area contributed by atoms with Crippen molar-refractivity contribution in [2.24, 2.45) is 0 Å². The van der Waals surface area contributed by atoms with Crippen molar-refractivity contribution in [3.8, 4) is 11.5 Å². The molecule has 0 aliphatic carbocycles. The van der Waals surface area contributed by atoms with Gasteiger partial charge in [0.05, 0.1) is 13.2 Å². The Bertz CT molecular complexity index is 950. The minimum Gasteiger partial charge on any atom is -0.493 e. The van der Waals surface area contributed by atoms with Gasteiger partial charge in [-0.05, 0) is 29.8 Å². The number of nitrogens with one attached hydrogen (secondary N) is 1. The Morgan fingerprint density at radius 1 is 1.04 bits per heavy atom. The van der Waals surface area contributed by atoms with Gasteiger partial charge in [-0.2, -0.15) is 0 Å². The molecule has 0 saturated heterocycles. The van der Waals surface area contributed by atoms with Gasteiger partial charge in [0.25, 0.3) is 5.91 Å². The topological polar surface area (TPSA) is 47.6 Å². The molecule has 0 fully saturated rings. The van der Waals surface area contributed by atoms with Crippen molar-refractivity contribution in [3.63, 3.8) is 0 Å². The highest BCUT2D eigenvalue weighted by atomic mass is 79.9. The summed E-state index contributed by atoms with van der Waals surface area (Å²) in [4.78, 5) is 12.5. The van der Waals surface area contributed by atoms with Gasteiger partial charge in [-0.3, -0.25) is 4.79 Å². The van der Waals surface area contributed by atoms with Crippen molar-refractivity contribution in [2.45, 2.75) is 6.04 Å². The Balaban J connectivity index is 1.78. The number of amides is 1. The van der Waals surface area contributed by atoms with Gasteiger partial charge in [0.15, 0.2) is 18.1 Å². The van der Waals surface area contributed by atoms with Gasteiger partial charge < -0.3 is 14.8 Å². The first kappa shape index (κ1) is 19.9. The van der Waals surface area contributed by atoms with E-state index in [4.69, 9.17) is 9.47 Å². The van der Waals surface area contributed by atoms with E-state index in [9.17, 15) is 9.18 Å². The number of carbonyl (C=O) groups is 1. The summed E-state index contributed by atoms with van der Waals surface area (Å²) >= 11 is 3.26. The average Bonchev–Trinajstić information content (AvgIpc) is 2.72. The highest BCUT2D eigenvalue weighted by Gasteiger charge is 2.21. The Morgan fingerprint density at radius 2 is 1.71 bits per heavy atom. The normalized spacial score (nSPS) is 11.5. The zero-order valence-electron chi connectivity index (χ0n) is 15.2. The molecule has 1 amide bonds. The molecule has 0 aromatic heterocycles. The Hall–Kier alpha value is -2.86. The molecule has 0 spiro atoms. The summed E-state index contributed by atoms with van der Waals surface area (Å²) in [5.74, 6) is 0.219. The van der Waals surface area contributed by atoms with E-state index in [1.807, 2.05) is 36.4 Å². The molecule has 6 heteroatoms. The summed E-state index contributed by atoms with van der Waals surface area (Å²) in [6.07, 6.45) is 0. The van der Waals surface area contributed by atoms with Gasteiger partial charge >= 0.3 is 0 Å². The quantitative estimate of drug-likeness (QED) is 0.565. The van der Waals surface area contributed by atoms with Crippen molar-refractivity contribution in [2.75, 3.05) is 13.7 Å². The predicted octanol–water partition coefficient (Wildman–Crippen LogP) is 4.88. The molecule has 3 aromatic rings. The van der Waals surface area contributed by atoms with E-state index in [1.54, 1.807) is 30.3 Å². The fourth-order valence-electron chi connectivity index (χ4n) is 2.81. The first-order chi connectivity index (χ1) is 13.6. The largest absolute Gasteiger partial charge is 0.493 e. The second-order valence-electron chi connectivity index (χ2n) is 6.02. The van der Waals surface area contributed by atoms with E-state index < -0.39 is 11.9 Å². The molecule has 1 atom stereocenters. The van der Waals surface area contributed by atoms with Gasteiger partial charge in [0.1, 0.15) is 5.82 Å². The molecule has 1 N–H and O–H groups in total. The lowest BCUT2D eigenvalue weighted by Gasteiger charge is -2.21. The van der Waals surface area contributed by atoms with E-state index >= 15 is 0 Å². The molecule has 0 bridgehead atoms. The molecule has 3 aromatic carbocycles. The van der Waals surface area contributed by atoms with Crippen molar-refractivity contribution in [1.29, 1.82) is 0 Å². The standard InChI is InChI=1S/C22H19BrFNO3/c1-27-19-9-5-6-10-20(19)28-14-21(26)25-22(15-7-3-2-4-8-15)17-12-11-16(23)13-18(17)24/h2-13,22H,14H2,1H3,(H,25,26). The van der Waals surface area contributed by atoms with Crippen molar-refractivity contribution in [1.82, 2.24) is 5.32 Å². The van der Waals surface area contributed by atoms with Crippen molar-refractivity contribution < 1.29 is 18.7 Å². The molecular weight excluding hydrogens is 425 g/mol. The highest BCUT2D eigenvalue weighted by molar-refractivity contribution is 9.10. The fraction of sp³-hybridized carbons (Fsp3) is 0.136. The zero-order valence-corrected chi connectivity index (χ0v) is 16.8. The van der Waals surface area contributed by atoms with Crippen LogP contribution in [0, 0.1) is 5.82 Å². The van der Waals surface area contributed by atoms with Crippen LogP contribution in [0.4, 0.5) is 4.39 Å². The predicted molar refractivity (Wildman–Crippen MR) is 109 cm³/mol. The Kier molecular flexibility index (Phi) is 6.66. The number of ether oxygens (including phenoxy) is 2. The molecule has 4 nitrogen and oxygen atoms in total. The Labute approximate surface area is 171 Å². The Morgan fingerprint density at radius 3 is 2.39 bits per heavy atom. The second-order valence-corrected chi connectivity index (χ2v) is 6.93. The lowest BCUT2D eigenvalue weighted by atomic mass is 9.98. The van der Waals surface area contributed by atoms with Crippen LogP contribution in [0.5, 0.6) is 11.5 Å². The third-order valence-corrected chi connectivity index (χ3v) is 4.63. The van der Waals surface area contributed by atoms with Crippen LogP contribution in [0.1, 0.15) is 17.2 Å². The van der Waals surface area contributed by atoms with Gasteiger partial charge in [-0.25, -0.2) is 4.39 Å². The molecule has 0 radical (unpaired) electrons. The maximum absolute atomic E-state index is 14.6. The van der Waals surface area contributed by atoms with Crippen LogP contribution in [0.3, 0.4) is 0 Å². The molecule has 0 aliphatic rings. The summed E-state index contributed by atoms with van der Waals surface area (Å²) in [6.45, 7) is -0.220. The summed E-state index contributed by atoms with van der Waals surface area (Å²) in [5.41, 5.74) is 1.15. The molecule has 28 heavy (non-hydrogen) atoms. The van der Waals surface area contributed by atoms with Crippen LogP contribution in [0.2, 0.25) is 0 Å². The van der Waals surface area contributed by atoms with Gasteiger partial charge in [-0.15, -0.1) is 0 Å². The number of methoxy groups -OCH3 is 1. The lowest BCUT2D eigenvalue weighted by molar-refractivity contribution is -0.123. The van der Waals surface area contributed by atoms with Crippen LogP contribution in [0.25, 0.3) is 0 Å². The first-order valence-electron chi connectivity index (χ1n) is 8.63. The molecule has 1 unspecified atom stereocenters. The zero-order chi connectivity index (χ0) is 19.9. The lowest BCUT2D eigenvalue weighted by Crippen LogP contribution is -2.33. The number of rotatable bonds is 7. The third-order valence-electron chi connectivity index (χ3n) is 4.14. The minimum absolute atomic E-state index is 0.220. The molecule has 0 heterocycles. The van der Waals surface area contributed by atoms with Gasteiger partial charge in [-0.1, -0.05) is 64.5 Å². The number of carbonyl (C=O) groups excluding carboxylic acids is 1. The molecule has 0 saturated carbocycles. The van der Waals surface area contributed by atoms with E-state index in [0.717, 1.165) is 5.56 Å². The fourth-order valence-corrected chi connectivity index (χ4v) is 3.14. The number of benzene rings is 3. The molecule has 144 valence electrons.